The Morgan fingerprint density at radius 1 is 1.31 bits per heavy atom. The molecule has 1 aromatic heterocycles. The van der Waals surface area contributed by atoms with E-state index in [9.17, 15) is 5.11 Å². The van der Waals surface area contributed by atoms with Crippen molar-refractivity contribution >= 4 is 17.9 Å². The van der Waals surface area contributed by atoms with Crippen LogP contribution in [0.15, 0.2) is 36.5 Å². The first-order valence-electron chi connectivity index (χ1n) is 4.71. The summed E-state index contributed by atoms with van der Waals surface area (Å²) < 4.78 is 2.96. The molecule has 0 radical (unpaired) electrons. The van der Waals surface area contributed by atoms with Gasteiger partial charge in [0, 0.05) is 18.0 Å². The molecule has 0 fully saturated rings. The van der Waals surface area contributed by atoms with Crippen molar-refractivity contribution < 1.29 is 5.11 Å². The van der Waals surface area contributed by atoms with E-state index >= 15 is 0 Å². The van der Waals surface area contributed by atoms with Gasteiger partial charge in [-0.1, -0.05) is 24.1 Å². The quantitative estimate of drug-likeness (QED) is 0.798. The predicted molar refractivity (Wildman–Crippen MR) is 66.3 cm³/mol. The second-order valence-corrected chi connectivity index (χ2v) is 3.73. The van der Waals surface area contributed by atoms with Gasteiger partial charge in [0.05, 0.1) is 5.69 Å². The molecule has 2 N–H and O–H groups in total. The van der Waals surface area contributed by atoms with Gasteiger partial charge in [0.15, 0.2) is 0 Å². The van der Waals surface area contributed by atoms with Gasteiger partial charge >= 0.3 is 0 Å². The van der Waals surface area contributed by atoms with Crippen molar-refractivity contribution in [2.75, 3.05) is 11.0 Å². The molecule has 0 saturated heterocycles. The maximum Gasteiger partial charge on any atom is 0.233 e. The molecule has 0 aliphatic heterocycles. The van der Waals surface area contributed by atoms with E-state index in [1.165, 1.54) is 11.9 Å². The lowest BCUT2D eigenvalue weighted by Crippen LogP contribution is -1.94. The number of aromatic nitrogens is 2. The molecular formula is C11H11N3OS. The fourth-order valence-electron chi connectivity index (χ4n) is 1.33. The van der Waals surface area contributed by atoms with E-state index in [1.807, 2.05) is 12.3 Å². The third-order valence-electron chi connectivity index (χ3n) is 1.99. The van der Waals surface area contributed by atoms with E-state index in [1.54, 1.807) is 30.5 Å². The van der Waals surface area contributed by atoms with Crippen LogP contribution in [-0.4, -0.2) is 21.3 Å². The van der Waals surface area contributed by atoms with E-state index in [2.05, 4.69) is 14.7 Å². The summed E-state index contributed by atoms with van der Waals surface area (Å²) in [6, 6.07) is 8.79. The summed E-state index contributed by atoms with van der Waals surface area (Å²) in [5.74, 6) is 0.795. The summed E-state index contributed by atoms with van der Waals surface area (Å²) in [4.78, 5) is 8.39. The Hall–Kier alpha value is -1.75. The molecule has 2 rings (SSSR count). The van der Waals surface area contributed by atoms with Gasteiger partial charge in [0.25, 0.3) is 0 Å². The van der Waals surface area contributed by atoms with Crippen molar-refractivity contribution in [3.63, 3.8) is 0 Å². The van der Waals surface area contributed by atoms with E-state index < -0.39 is 0 Å². The lowest BCUT2D eigenvalue weighted by atomic mass is 10.1. The topological polar surface area (TPSA) is 58.0 Å². The minimum absolute atomic E-state index is 0.232. The van der Waals surface area contributed by atoms with Crippen LogP contribution in [0, 0.1) is 0 Å². The second-order valence-electron chi connectivity index (χ2n) is 3.12. The number of hydrogen-bond acceptors (Lipinski definition) is 5. The van der Waals surface area contributed by atoms with Gasteiger partial charge in [-0.05, 0) is 18.2 Å². The molecular weight excluding hydrogens is 222 g/mol. The van der Waals surface area contributed by atoms with Crippen LogP contribution in [0.1, 0.15) is 0 Å². The maximum absolute atomic E-state index is 9.38. The van der Waals surface area contributed by atoms with Crippen molar-refractivity contribution in [1.29, 1.82) is 0 Å². The van der Waals surface area contributed by atoms with Gasteiger partial charge in [-0.2, -0.15) is 0 Å². The van der Waals surface area contributed by atoms with Crippen molar-refractivity contribution in [2.45, 2.75) is 0 Å². The summed E-state index contributed by atoms with van der Waals surface area (Å²) in [6.45, 7) is 0. The van der Waals surface area contributed by atoms with Gasteiger partial charge < -0.3 is 5.11 Å². The lowest BCUT2D eigenvalue weighted by molar-refractivity contribution is 0.475. The van der Waals surface area contributed by atoms with E-state index in [0.717, 1.165) is 11.3 Å². The van der Waals surface area contributed by atoms with Crippen LogP contribution in [0.4, 0.5) is 5.95 Å². The monoisotopic (exact) mass is 233 g/mol. The molecule has 16 heavy (non-hydrogen) atoms. The Bertz CT molecular complexity index is 490. The predicted octanol–water partition coefficient (Wildman–Crippen LogP) is 2.54. The molecule has 0 spiro atoms. The van der Waals surface area contributed by atoms with Gasteiger partial charge in [0.2, 0.25) is 5.95 Å². The average Bonchev–Trinajstić information content (AvgIpc) is 2.30. The summed E-state index contributed by atoms with van der Waals surface area (Å²) in [6.07, 6.45) is 3.59. The molecule has 1 heterocycles. The number of phenols is 1. The Morgan fingerprint density at radius 3 is 2.94 bits per heavy atom. The summed E-state index contributed by atoms with van der Waals surface area (Å²) in [5.41, 5.74) is 1.65. The highest BCUT2D eigenvalue weighted by atomic mass is 32.2. The van der Waals surface area contributed by atoms with Gasteiger partial charge in [-0.15, -0.1) is 0 Å². The summed E-state index contributed by atoms with van der Waals surface area (Å²) in [5, 5.41) is 9.38. The molecule has 2 aromatic rings. The Balaban J connectivity index is 2.36. The first kappa shape index (κ1) is 10.8. The average molecular weight is 233 g/mol. The Kier molecular flexibility index (Phi) is 3.26. The minimum atomic E-state index is 0.232. The van der Waals surface area contributed by atoms with Crippen LogP contribution in [0.25, 0.3) is 11.3 Å². The fraction of sp³-hybridized carbons (Fsp3) is 0.0909. The number of anilines is 1. The van der Waals surface area contributed by atoms with Crippen molar-refractivity contribution in [3.8, 4) is 17.0 Å². The first-order chi connectivity index (χ1) is 7.79. The number of rotatable bonds is 3. The number of nitrogens with zero attached hydrogens (tertiary/aromatic N) is 2. The maximum atomic E-state index is 9.38. The van der Waals surface area contributed by atoms with E-state index in [4.69, 9.17) is 0 Å². The molecule has 1 aromatic carbocycles. The van der Waals surface area contributed by atoms with Crippen LogP contribution in [0.3, 0.4) is 0 Å². The molecule has 0 aliphatic carbocycles. The molecule has 0 unspecified atom stereocenters. The molecule has 0 saturated carbocycles. The largest absolute Gasteiger partial charge is 0.508 e. The van der Waals surface area contributed by atoms with Crippen LogP contribution < -0.4 is 4.72 Å². The SMILES string of the molecule is CSNc1nccc(-c2cccc(O)c2)n1. The zero-order valence-electron chi connectivity index (χ0n) is 8.71. The minimum Gasteiger partial charge on any atom is -0.508 e. The van der Waals surface area contributed by atoms with Crippen molar-refractivity contribution in [1.82, 2.24) is 9.97 Å². The standard InChI is InChI=1S/C11H11N3OS/c1-16-14-11-12-6-5-10(13-11)8-3-2-4-9(15)7-8/h2-7,15H,1H3,(H,12,13,14). The second kappa shape index (κ2) is 4.85. The zero-order valence-corrected chi connectivity index (χ0v) is 9.53. The summed E-state index contributed by atoms with van der Waals surface area (Å²) >= 11 is 1.44. The van der Waals surface area contributed by atoms with Crippen LogP contribution in [0.5, 0.6) is 5.75 Å². The fourth-order valence-corrected chi connectivity index (χ4v) is 1.61. The molecule has 0 atom stereocenters. The lowest BCUT2D eigenvalue weighted by Gasteiger charge is -2.04. The van der Waals surface area contributed by atoms with E-state index in [-0.39, 0.29) is 5.75 Å². The van der Waals surface area contributed by atoms with Gasteiger partial charge in [-0.25, -0.2) is 9.97 Å². The molecule has 0 amide bonds. The molecule has 0 bridgehead atoms. The van der Waals surface area contributed by atoms with Crippen LogP contribution in [-0.2, 0) is 0 Å². The first-order valence-corrected chi connectivity index (χ1v) is 5.93. The molecule has 0 aliphatic rings. The highest BCUT2D eigenvalue weighted by Crippen LogP contribution is 2.21. The smallest absolute Gasteiger partial charge is 0.233 e. The zero-order chi connectivity index (χ0) is 11.4. The van der Waals surface area contributed by atoms with Crippen molar-refractivity contribution in [3.05, 3.63) is 36.5 Å². The molecule has 5 heteroatoms. The van der Waals surface area contributed by atoms with Gasteiger partial charge in [-0.3, -0.25) is 4.72 Å². The number of benzene rings is 1. The Labute approximate surface area is 97.9 Å². The van der Waals surface area contributed by atoms with Crippen molar-refractivity contribution in [2.24, 2.45) is 0 Å². The number of phenolic OH excluding ortho intramolecular Hbond substituents is 1. The number of nitrogens with one attached hydrogen (secondary N) is 1. The van der Waals surface area contributed by atoms with Crippen LogP contribution in [0.2, 0.25) is 0 Å². The molecule has 82 valence electrons. The number of aromatic hydroxyl groups is 1. The normalized spacial score (nSPS) is 10.1. The Morgan fingerprint density at radius 2 is 2.19 bits per heavy atom. The number of hydrogen-bond donors (Lipinski definition) is 2. The van der Waals surface area contributed by atoms with E-state index in [0.29, 0.717) is 5.95 Å². The third kappa shape index (κ3) is 2.43. The highest BCUT2D eigenvalue weighted by molar-refractivity contribution is 7.99. The summed E-state index contributed by atoms with van der Waals surface area (Å²) in [7, 11) is 0. The third-order valence-corrected chi connectivity index (χ3v) is 2.38. The van der Waals surface area contributed by atoms with Gasteiger partial charge in [0.1, 0.15) is 5.75 Å². The molecule has 4 nitrogen and oxygen atoms in total. The van der Waals surface area contributed by atoms with Crippen LogP contribution >= 0.6 is 11.9 Å². The highest BCUT2D eigenvalue weighted by Gasteiger charge is 2.02.